The van der Waals surface area contributed by atoms with Gasteiger partial charge in [-0.1, -0.05) is 23.8 Å². The summed E-state index contributed by atoms with van der Waals surface area (Å²) in [6.45, 7) is 7.84. The van der Waals surface area contributed by atoms with Crippen LogP contribution < -0.4 is 5.73 Å². The monoisotopic (exact) mass is 296 g/mol. The van der Waals surface area contributed by atoms with Crippen LogP contribution in [0.15, 0.2) is 18.2 Å². The van der Waals surface area contributed by atoms with Gasteiger partial charge in [0.05, 0.1) is 6.42 Å². The van der Waals surface area contributed by atoms with E-state index < -0.39 is 0 Å². The molecular formula is C16H25ClN2O. The molecule has 1 aliphatic rings. The smallest absolute Gasteiger partial charge is 0.227 e. The summed E-state index contributed by atoms with van der Waals surface area (Å²) < 4.78 is 0. The third-order valence-electron chi connectivity index (χ3n) is 4.17. The molecule has 0 saturated carbocycles. The number of likely N-dealkylation sites (tertiary alicyclic amines) is 1. The summed E-state index contributed by atoms with van der Waals surface area (Å²) in [6.07, 6.45) is 1.55. The zero-order valence-electron chi connectivity index (χ0n) is 12.6. The number of amides is 1. The zero-order valence-corrected chi connectivity index (χ0v) is 13.4. The molecule has 1 saturated heterocycles. The molecule has 2 N–H and O–H groups in total. The van der Waals surface area contributed by atoms with Gasteiger partial charge in [-0.3, -0.25) is 4.79 Å². The van der Waals surface area contributed by atoms with Crippen LogP contribution in [-0.4, -0.2) is 29.9 Å². The van der Waals surface area contributed by atoms with E-state index in [0.29, 0.717) is 12.3 Å². The number of hydrogen-bond acceptors (Lipinski definition) is 2. The fourth-order valence-electron chi connectivity index (χ4n) is 2.71. The molecule has 1 aromatic rings. The van der Waals surface area contributed by atoms with Gasteiger partial charge in [-0.05, 0) is 44.2 Å². The second kappa shape index (κ2) is 7.09. The van der Waals surface area contributed by atoms with Crippen molar-refractivity contribution in [3.05, 3.63) is 34.9 Å². The van der Waals surface area contributed by atoms with E-state index in [1.54, 1.807) is 0 Å². The lowest BCUT2D eigenvalue weighted by atomic mass is 10.0. The minimum Gasteiger partial charge on any atom is -0.342 e. The van der Waals surface area contributed by atoms with Crippen LogP contribution in [0.25, 0.3) is 0 Å². The Morgan fingerprint density at radius 2 is 2.15 bits per heavy atom. The van der Waals surface area contributed by atoms with Gasteiger partial charge in [0.2, 0.25) is 5.91 Å². The largest absolute Gasteiger partial charge is 0.342 e. The molecule has 0 radical (unpaired) electrons. The van der Waals surface area contributed by atoms with Crippen LogP contribution in [0.5, 0.6) is 0 Å². The number of benzene rings is 1. The standard InChI is InChI=1S/C16H24N2O.ClH/c1-11-4-5-12(2)15(8-11)9-16(19)18-7-6-14(10-18)13(3)17;/h4-5,8,13-14H,6-7,9-10,17H2,1-3H3;1H. The normalized spacial score (nSPS) is 19.6. The van der Waals surface area contributed by atoms with E-state index >= 15 is 0 Å². The van der Waals surface area contributed by atoms with Crippen molar-refractivity contribution >= 4 is 18.3 Å². The molecule has 2 rings (SSSR count). The molecule has 0 bridgehead atoms. The molecule has 1 aliphatic heterocycles. The van der Waals surface area contributed by atoms with Gasteiger partial charge in [-0.25, -0.2) is 0 Å². The van der Waals surface area contributed by atoms with E-state index in [1.807, 2.05) is 11.8 Å². The van der Waals surface area contributed by atoms with Crippen molar-refractivity contribution in [3.8, 4) is 0 Å². The van der Waals surface area contributed by atoms with Crippen molar-refractivity contribution < 1.29 is 4.79 Å². The number of nitrogens with two attached hydrogens (primary N) is 1. The molecule has 1 fully saturated rings. The van der Waals surface area contributed by atoms with Gasteiger partial charge in [-0.2, -0.15) is 0 Å². The van der Waals surface area contributed by atoms with Crippen LogP contribution in [0.3, 0.4) is 0 Å². The van der Waals surface area contributed by atoms with E-state index in [9.17, 15) is 4.79 Å². The SMILES string of the molecule is Cc1ccc(C)c(CC(=O)N2CCC(C(C)N)C2)c1.Cl. The van der Waals surface area contributed by atoms with Gasteiger partial charge < -0.3 is 10.6 Å². The number of halogens is 1. The van der Waals surface area contributed by atoms with Crippen molar-refractivity contribution in [1.29, 1.82) is 0 Å². The van der Waals surface area contributed by atoms with Crippen molar-refractivity contribution in [2.24, 2.45) is 11.7 Å². The van der Waals surface area contributed by atoms with Crippen molar-refractivity contribution in [2.45, 2.75) is 39.7 Å². The first kappa shape index (κ1) is 17.0. The minimum absolute atomic E-state index is 0. The Morgan fingerprint density at radius 3 is 2.75 bits per heavy atom. The Kier molecular flexibility index (Phi) is 6.03. The molecule has 112 valence electrons. The van der Waals surface area contributed by atoms with E-state index in [0.717, 1.165) is 25.1 Å². The maximum Gasteiger partial charge on any atom is 0.227 e. The maximum atomic E-state index is 12.3. The lowest BCUT2D eigenvalue weighted by molar-refractivity contribution is -0.129. The lowest BCUT2D eigenvalue weighted by Crippen LogP contribution is -2.33. The average Bonchev–Trinajstić information content (AvgIpc) is 2.83. The van der Waals surface area contributed by atoms with E-state index in [1.165, 1.54) is 11.1 Å². The lowest BCUT2D eigenvalue weighted by Gasteiger charge is -2.19. The third-order valence-corrected chi connectivity index (χ3v) is 4.17. The van der Waals surface area contributed by atoms with Crippen LogP contribution >= 0.6 is 12.4 Å². The highest BCUT2D eigenvalue weighted by Gasteiger charge is 2.28. The molecule has 4 heteroatoms. The maximum absolute atomic E-state index is 12.3. The highest BCUT2D eigenvalue weighted by molar-refractivity contribution is 5.85. The first-order valence-corrected chi connectivity index (χ1v) is 7.07. The van der Waals surface area contributed by atoms with Gasteiger partial charge in [0.25, 0.3) is 0 Å². The molecular weight excluding hydrogens is 272 g/mol. The zero-order chi connectivity index (χ0) is 14.0. The van der Waals surface area contributed by atoms with Gasteiger partial charge >= 0.3 is 0 Å². The van der Waals surface area contributed by atoms with Crippen molar-refractivity contribution in [2.75, 3.05) is 13.1 Å². The molecule has 1 amide bonds. The summed E-state index contributed by atoms with van der Waals surface area (Å²) in [5.41, 5.74) is 9.47. The fraction of sp³-hybridized carbons (Fsp3) is 0.562. The Balaban J connectivity index is 0.00000200. The van der Waals surface area contributed by atoms with Crippen LogP contribution in [0.2, 0.25) is 0 Å². The molecule has 2 unspecified atom stereocenters. The van der Waals surface area contributed by atoms with Crippen LogP contribution in [0.1, 0.15) is 30.0 Å². The van der Waals surface area contributed by atoms with Crippen LogP contribution in [0.4, 0.5) is 0 Å². The first-order chi connectivity index (χ1) is 8.97. The summed E-state index contributed by atoms with van der Waals surface area (Å²) >= 11 is 0. The second-order valence-corrected chi connectivity index (χ2v) is 5.85. The van der Waals surface area contributed by atoms with E-state index in [2.05, 4.69) is 32.0 Å². The van der Waals surface area contributed by atoms with E-state index in [-0.39, 0.29) is 24.4 Å². The number of hydrogen-bond donors (Lipinski definition) is 1. The summed E-state index contributed by atoms with van der Waals surface area (Å²) in [6, 6.07) is 6.48. The molecule has 3 nitrogen and oxygen atoms in total. The molecule has 20 heavy (non-hydrogen) atoms. The van der Waals surface area contributed by atoms with Gasteiger partial charge in [-0.15, -0.1) is 12.4 Å². The van der Waals surface area contributed by atoms with Gasteiger partial charge in [0, 0.05) is 19.1 Å². The Bertz CT molecular complexity index is 474. The predicted molar refractivity (Wildman–Crippen MR) is 85.2 cm³/mol. The summed E-state index contributed by atoms with van der Waals surface area (Å²) in [5.74, 6) is 0.694. The molecule has 0 aliphatic carbocycles. The van der Waals surface area contributed by atoms with Crippen molar-refractivity contribution in [1.82, 2.24) is 4.90 Å². The molecule has 0 aromatic heterocycles. The fourth-order valence-corrected chi connectivity index (χ4v) is 2.71. The van der Waals surface area contributed by atoms with Crippen LogP contribution in [0, 0.1) is 19.8 Å². The van der Waals surface area contributed by atoms with E-state index in [4.69, 9.17) is 5.73 Å². The summed E-state index contributed by atoms with van der Waals surface area (Å²) in [5, 5.41) is 0. The highest BCUT2D eigenvalue weighted by atomic mass is 35.5. The van der Waals surface area contributed by atoms with Crippen molar-refractivity contribution in [3.63, 3.8) is 0 Å². The van der Waals surface area contributed by atoms with Gasteiger partial charge in [0.1, 0.15) is 0 Å². The predicted octanol–water partition coefficient (Wildman–Crippen LogP) is 2.46. The minimum atomic E-state index is 0. The number of carbonyl (C=O) groups is 1. The number of aryl methyl sites for hydroxylation is 2. The number of nitrogens with zero attached hydrogens (tertiary/aromatic N) is 1. The molecule has 1 aromatic carbocycles. The van der Waals surface area contributed by atoms with Gasteiger partial charge in [0.15, 0.2) is 0 Å². The Morgan fingerprint density at radius 1 is 1.45 bits per heavy atom. The first-order valence-electron chi connectivity index (χ1n) is 7.07. The molecule has 0 spiro atoms. The summed E-state index contributed by atoms with van der Waals surface area (Å²) in [4.78, 5) is 14.3. The third kappa shape index (κ3) is 3.97. The molecule has 1 heterocycles. The summed E-state index contributed by atoms with van der Waals surface area (Å²) in [7, 11) is 0. The second-order valence-electron chi connectivity index (χ2n) is 5.85. The average molecular weight is 297 g/mol. The highest BCUT2D eigenvalue weighted by Crippen LogP contribution is 2.20. The Labute approximate surface area is 127 Å². The number of carbonyl (C=O) groups excluding carboxylic acids is 1. The van der Waals surface area contributed by atoms with Crippen LogP contribution in [-0.2, 0) is 11.2 Å². The number of rotatable bonds is 3. The molecule has 2 atom stereocenters. The quantitative estimate of drug-likeness (QED) is 0.931. The topological polar surface area (TPSA) is 46.3 Å². The Hall–Kier alpha value is -1.06.